The van der Waals surface area contributed by atoms with Crippen LogP contribution < -0.4 is 5.56 Å². The lowest BCUT2D eigenvalue weighted by atomic mass is 9.77. The van der Waals surface area contributed by atoms with E-state index < -0.39 is 0 Å². The molecule has 2 aromatic rings. The van der Waals surface area contributed by atoms with Crippen LogP contribution in [0.25, 0.3) is 11.4 Å². The van der Waals surface area contributed by atoms with E-state index in [1.807, 2.05) is 12.1 Å². The Labute approximate surface area is 166 Å². The minimum Gasteiger partial charge on any atom is -0.396 e. The summed E-state index contributed by atoms with van der Waals surface area (Å²) in [4.78, 5) is 21.6. The van der Waals surface area contributed by atoms with Crippen LogP contribution in [0.1, 0.15) is 43.9 Å². The number of hydrogen-bond donors (Lipinski definition) is 2. The average Bonchev–Trinajstić information content (AvgIpc) is 2.69. The SMILES string of the molecule is CCC[C@@]1(CO)CCCN(Cc2ccc(-c3nc(COC)cc(=O)[nH]3)cc2)C1. The first-order valence-electron chi connectivity index (χ1n) is 10.1. The van der Waals surface area contributed by atoms with E-state index in [0.717, 1.165) is 50.9 Å². The lowest BCUT2D eigenvalue weighted by Gasteiger charge is -2.42. The lowest BCUT2D eigenvalue weighted by Crippen LogP contribution is -2.44. The van der Waals surface area contributed by atoms with Gasteiger partial charge in [0.2, 0.25) is 0 Å². The molecule has 0 spiro atoms. The number of methoxy groups -OCH3 is 1. The molecule has 0 unspecified atom stereocenters. The largest absolute Gasteiger partial charge is 0.396 e. The van der Waals surface area contributed by atoms with Crippen molar-refractivity contribution in [2.45, 2.75) is 45.8 Å². The number of nitrogens with one attached hydrogen (secondary N) is 1. The Bertz CT molecular complexity index is 815. The van der Waals surface area contributed by atoms with Gasteiger partial charge in [0.05, 0.1) is 12.3 Å². The topological polar surface area (TPSA) is 78.5 Å². The third-order valence-electron chi connectivity index (χ3n) is 5.58. The molecule has 2 N–H and O–H groups in total. The maximum atomic E-state index is 11.9. The number of rotatable bonds is 8. The zero-order valence-electron chi connectivity index (χ0n) is 16.9. The third kappa shape index (κ3) is 5.07. The zero-order chi connectivity index (χ0) is 20.0. The van der Waals surface area contributed by atoms with Gasteiger partial charge in [0.25, 0.3) is 5.56 Å². The molecule has 3 rings (SSSR count). The smallest absolute Gasteiger partial charge is 0.251 e. The van der Waals surface area contributed by atoms with Crippen LogP contribution in [0.3, 0.4) is 0 Å². The molecule has 1 fully saturated rings. The molecule has 152 valence electrons. The Morgan fingerprint density at radius 3 is 2.79 bits per heavy atom. The molecule has 1 aliphatic heterocycles. The van der Waals surface area contributed by atoms with Crippen molar-refractivity contribution in [2.75, 3.05) is 26.8 Å². The normalized spacial score (nSPS) is 20.4. The highest BCUT2D eigenvalue weighted by Gasteiger charge is 2.33. The Hall–Kier alpha value is -2.02. The predicted octanol–water partition coefficient (Wildman–Crippen LogP) is 2.96. The van der Waals surface area contributed by atoms with Crippen molar-refractivity contribution < 1.29 is 9.84 Å². The minimum atomic E-state index is -0.175. The third-order valence-corrected chi connectivity index (χ3v) is 5.58. The Balaban J connectivity index is 1.70. The number of aromatic nitrogens is 2. The summed E-state index contributed by atoms with van der Waals surface area (Å²) in [5, 5.41) is 9.93. The number of nitrogens with zero attached hydrogens (tertiary/aromatic N) is 2. The second-order valence-electron chi connectivity index (χ2n) is 7.94. The lowest BCUT2D eigenvalue weighted by molar-refractivity contribution is 0.0216. The number of aliphatic hydroxyl groups excluding tert-OH is 1. The van der Waals surface area contributed by atoms with Crippen LogP contribution in [0.4, 0.5) is 0 Å². The second-order valence-corrected chi connectivity index (χ2v) is 7.94. The van der Waals surface area contributed by atoms with Crippen LogP contribution in [-0.4, -0.2) is 46.8 Å². The van der Waals surface area contributed by atoms with Crippen LogP contribution in [0.5, 0.6) is 0 Å². The molecule has 1 aliphatic rings. The van der Waals surface area contributed by atoms with Gasteiger partial charge in [-0.25, -0.2) is 4.98 Å². The Morgan fingerprint density at radius 2 is 2.11 bits per heavy atom. The number of ether oxygens (including phenoxy) is 1. The molecular weight excluding hydrogens is 354 g/mol. The molecule has 0 saturated carbocycles. The van der Waals surface area contributed by atoms with Crippen molar-refractivity contribution in [1.82, 2.24) is 14.9 Å². The van der Waals surface area contributed by atoms with E-state index in [2.05, 4.69) is 33.9 Å². The summed E-state index contributed by atoms with van der Waals surface area (Å²) < 4.78 is 5.08. The van der Waals surface area contributed by atoms with Crippen molar-refractivity contribution in [2.24, 2.45) is 5.41 Å². The van der Waals surface area contributed by atoms with Gasteiger partial charge in [0.15, 0.2) is 0 Å². The first-order valence-corrected chi connectivity index (χ1v) is 10.1. The van der Waals surface area contributed by atoms with Crippen molar-refractivity contribution in [3.8, 4) is 11.4 Å². The van der Waals surface area contributed by atoms with Gasteiger partial charge in [0, 0.05) is 43.9 Å². The molecule has 0 bridgehead atoms. The number of aromatic amines is 1. The number of piperidine rings is 1. The number of hydrogen-bond acceptors (Lipinski definition) is 5. The van der Waals surface area contributed by atoms with E-state index in [1.54, 1.807) is 7.11 Å². The monoisotopic (exact) mass is 385 g/mol. The average molecular weight is 386 g/mol. The summed E-state index contributed by atoms with van der Waals surface area (Å²) in [6.07, 6.45) is 4.44. The van der Waals surface area contributed by atoms with Gasteiger partial charge in [-0.05, 0) is 31.4 Å². The highest BCUT2D eigenvalue weighted by Crippen LogP contribution is 2.34. The summed E-state index contributed by atoms with van der Waals surface area (Å²) in [6.45, 7) is 5.67. The highest BCUT2D eigenvalue weighted by atomic mass is 16.5. The minimum absolute atomic E-state index is 0.0537. The van der Waals surface area contributed by atoms with Crippen molar-refractivity contribution >= 4 is 0 Å². The molecule has 6 heteroatoms. The van der Waals surface area contributed by atoms with Gasteiger partial charge in [-0.15, -0.1) is 0 Å². The first kappa shape index (κ1) is 20.7. The van der Waals surface area contributed by atoms with Crippen molar-refractivity contribution in [1.29, 1.82) is 0 Å². The summed E-state index contributed by atoms with van der Waals surface area (Å²) >= 11 is 0. The summed E-state index contributed by atoms with van der Waals surface area (Å²) in [5.74, 6) is 0.561. The molecule has 6 nitrogen and oxygen atoms in total. The maximum absolute atomic E-state index is 11.9. The standard InChI is InChI=1S/C22H31N3O3/c1-3-9-22(16-26)10-4-11-25(15-22)13-17-5-7-18(8-6-17)21-23-19(14-28-2)12-20(27)24-21/h5-8,12,26H,3-4,9-11,13-16H2,1-2H3,(H,23,24,27)/t22-/m1/s1. The van der Waals surface area contributed by atoms with Crippen LogP contribution >= 0.6 is 0 Å². The van der Waals surface area contributed by atoms with E-state index >= 15 is 0 Å². The Kier molecular flexibility index (Phi) is 6.99. The zero-order valence-corrected chi connectivity index (χ0v) is 16.9. The Morgan fingerprint density at radius 1 is 1.32 bits per heavy atom. The van der Waals surface area contributed by atoms with E-state index in [9.17, 15) is 9.90 Å². The van der Waals surface area contributed by atoms with Crippen LogP contribution in [0.2, 0.25) is 0 Å². The quantitative estimate of drug-likeness (QED) is 0.730. The van der Waals surface area contributed by atoms with E-state index in [-0.39, 0.29) is 17.6 Å². The van der Waals surface area contributed by atoms with E-state index in [4.69, 9.17) is 4.74 Å². The molecule has 1 saturated heterocycles. The van der Waals surface area contributed by atoms with Gasteiger partial charge in [-0.3, -0.25) is 9.69 Å². The van der Waals surface area contributed by atoms with Crippen LogP contribution in [0, 0.1) is 5.41 Å². The maximum Gasteiger partial charge on any atom is 0.251 e. The fourth-order valence-corrected chi connectivity index (χ4v) is 4.28. The van der Waals surface area contributed by atoms with Gasteiger partial charge in [0.1, 0.15) is 5.82 Å². The highest BCUT2D eigenvalue weighted by molar-refractivity contribution is 5.55. The fraction of sp³-hybridized carbons (Fsp3) is 0.545. The molecule has 0 amide bonds. The molecule has 1 atom stereocenters. The fourth-order valence-electron chi connectivity index (χ4n) is 4.28. The molecule has 0 aliphatic carbocycles. The van der Waals surface area contributed by atoms with Gasteiger partial charge in [-0.1, -0.05) is 37.6 Å². The molecule has 1 aromatic carbocycles. The summed E-state index contributed by atoms with van der Waals surface area (Å²) in [5.41, 5.74) is 2.61. The van der Waals surface area contributed by atoms with Crippen molar-refractivity contribution in [3.63, 3.8) is 0 Å². The van der Waals surface area contributed by atoms with Crippen LogP contribution in [0.15, 0.2) is 35.1 Å². The second kappa shape index (κ2) is 9.45. The van der Waals surface area contributed by atoms with Crippen molar-refractivity contribution in [3.05, 3.63) is 51.9 Å². The van der Waals surface area contributed by atoms with Gasteiger partial charge >= 0.3 is 0 Å². The van der Waals surface area contributed by atoms with E-state index in [1.165, 1.54) is 11.6 Å². The molecule has 28 heavy (non-hydrogen) atoms. The van der Waals surface area contributed by atoms with Gasteiger partial charge < -0.3 is 14.8 Å². The predicted molar refractivity (Wildman–Crippen MR) is 110 cm³/mol. The first-order chi connectivity index (χ1) is 13.6. The summed E-state index contributed by atoms with van der Waals surface area (Å²) in [6, 6.07) is 9.64. The molecular formula is C22H31N3O3. The molecule has 2 heterocycles. The number of H-pyrrole nitrogens is 1. The number of benzene rings is 1. The molecule has 1 aromatic heterocycles. The van der Waals surface area contributed by atoms with E-state index in [0.29, 0.717) is 18.1 Å². The number of aliphatic hydroxyl groups is 1. The summed E-state index contributed by atoms with van der Waals surface area (Å²) in [7, 11) is 1.59. The molecule has 0 radical (unpaired) electrons. The van der Waals surface area contributed by atoms with Gasteiger partial charge in [-0.2, -0.15) is 0 Å². The number of likely N-dealkylation sites (tertiary alicyclic amines) is 1. The van der Waals surface area contributed by atoms with Crippen LogP contribution in [-0.2, 0) is 17.9 Å².